The molecule has 1 unspecified atom stereocenters. The number of rotatable bonds is 9. The van der Waals surface area contributed by atoms with Gasteiger partial charge >= 0.3 is 0 Å². The van der Waals surface area contributed by atoms with Gasteiger partial charge in [-0.1, -0.05) is 0 Å². The van der Waals surface area contributed by atoms with Crippen molar-refractivity contribution in [3.05, 3.63) is 100 Å². The van der Waals surface area contributed by atoms with Crippen LogP contribution in [-0.4, -0.2) is 118 Å². The van der Waals surface area contributed by atoms with E-state index in [1.54, 1.807) is 34.3 Å². The van der Waals surface area contributed by atoms with E-state index in [4.69, 9.17) is 4.74 Å². The van der Waals surface area contributed by atoms with E-state index in [-0.39, 0.29) is 47.2 Å². The fourth-order valence-corrected chi connectivity index (χ4v) is 9.17. The predicted octanol–water partition coefficient (Wildman–Crippen LogP) is 3.55. The molecule has 2 atom stereocenters. The average Bonchev–Trinajstić information content (AvgIpc) is 3.85. The van der Waals surface area contributed by atoms with Crippen molar-refractivity contribution >= 4 is 45.9 Å². The second-order valence-corrected chi connectivity index (χ2v) is 16.5. The molecule has 0 spiro atoms. The Bertz CT molecular complexity index is 2730. The van der Waals surface area contributed by atoms with Crippen LogP contribution in [0.2, 0.25) is 0 Å². The molecule has 3 amide bonds. The van der Waals surface area contributed by atoms with Gasteiger partial charge in [0.05, 0.1) is 34.7 Å². The minimum atomic E-state index is -1.03. The highest BCUT2D eigenvalue weighted by molar-refractivity contribution is 6.05. The van der Waals surface area contributed by atoms with E-state index in [1.165, 1.54) is 29.1 Å². The first-order valence-electron chi connectivity index (χ1n) is 20.7. The molecular formula is C44H41F2N11O5. The van der Waals surface area contributed by atoms with E-state index in [1.807, 2.05) is 18.2 Å². The summed E-state index contributed by atoms with van der Waals surface area (Å²) in [4.78, 5) is 74.7. The zero-order valence-corrected chi connectivity index (χ0v) is 33.5. The van der Waals surface area contributed by atoms with E-state index in [9.17, 15) is 28.8 Å². The number of benzene rings is 3. The molecule has 4 fully saturated rings. The average molecular weight is 842 g/mol. The zero-order chi connectivity index (χ0) is 42.6. The van der Waals surface area contributed by atoms with Crippen LogP contribution in [0, 0.1) is 23.1 Å². The van der Waals surface area contributed by atoms with Gasteiger partial charge in [0.15, 0.2) is 11.6 Å². The van der Waals surface area contributed by atoms with Crippen LogP contribution in [0.3, 0.4) is 0 Å². The monoisotopic (exact) mass is 841 g/mol. The summed E-state index contributed by atoms with van der Waals surface area (Å²) in [5.74, 6) is -0.755. The third-order valence-electron chi connectivity index (χ3n) is 12.5. The Kier molecular flexibility index (Phi) is 9.97. The van der Waals surface area contributed by atoms with Crippen LogP contribution in [0.5, 0.6) is 11.5 Å². The summed E-state index contributed by atoms with van der Waals surface area (Å²) >= 11 is 0. The third kappa shape index (κ3) is 7.21. The minimum absolute atomic E-state index is 0.0522. The second kappa shape index (κ2) is 15.8. The van der Waals surface area contributed by atoms with Crippen molar-refractivity contribution in [1.82, 2.24) is 34.6 Å². The van der Waals surface area contributed by atoms with Gasteiger partial charge in [-0.25, -0.2) is 23.7 Å². The molecule has 7 heterocycles. The van der Waals surface area contributed by atoms with E-state index in [0.717, 1.165) is 57.1 Å². The Hall–Kier alpha value is -7.00. The first-order valence-corrected chi connectivity index (χ1v) is 20.7. The molecule has 5 aromatic rings. The molecule has 1 N–H and O–H groups in total. The van der Waals surface area contributed by atoms with Crippen molar-refractivity contribution in [2.75, 3.05) is 73.6 Å². The number of halogens is 2. The topological polar surface area (TPSA) is 173 Å². The van der Waals surface area contributed by atoms with Crippen LogP contribution in [0.25, 0.3) is 16.6 Å². The van der Waals surface area contributed by atoms with Gasteiger partial charge < -0.3 is 24.3 Å². The molecule has 2 aromatic heterocycles. The third-order valence-corrected chi connectivity index (χ3v) is 12.5. The number of fused-ring (bicyclic) bond motifs is 2. The molecule has 10 rings (SSSR count). The van der Waals surface area contributed by atoms with Gasteiger partial charge in [-0.05, 0) is 66.9 Å². The van der Waals surface area contributed by atoms with Gasteiger partial charge in [0, 0.05) is 89.0 Å². The lowest BCUT2D eigenvalue weighted by molar-refractivity contribution is -0.136. The molecule has 316 valence electrons. The van der Waals surface area contributed by atoms with Crippen molar-refractivity contribution in [1.29, 1.82) is 5.26 Å². The van der Waals surface area contributed by atoms with Gasteiger partial charge in [-0.3, -0.25) is 34.0 Å². The maximum atomic E-state index is 15.1. The highest BCUT2D eigenvalue weighted by Gasteiger charge is 2.40. The molecule has 0 bridgehead atoms. The molecule has 5 aliphatic rings. The Morgan fingerprint density at radius 1 is 0.855 bits per heavy atom. The quantitative estimate of drug-likeness (QED) is 0.214. The van der Waals surface area contributed by atoms with E-state index in [0.29, 0.717) is 60.3 Å². The minimum Gasteiger partial charge on any atom is -0.453 e. The lowest BCUT2D eigenvalue weighted by atomic mass is 9.97. The number of hydrogen-bond acceptors (Lipinski definition) is 13. The lowest BCUT2D eigenvalue weighted by Crippen LogP contribution is -2.55. The molecular weight excluding hydrogens is 801 g/mol. The summed E-state index contributed by atoms with van der Waals surface area (Å²) in [6.45, 7) is 6.80. The number of alkyl halides is 1. The van der Waals surface area contributed by atoms with Crippen LogP contribution >= 0.6 is 0 Å². The number of piperazine rings is 1. The Morgan fingerprint density at radius 3 is 2.40 bits per heavy atom. The molecule has 5 aliphatic heterocycles. The van der Waals surface area contributed by atoms with Crippen molar-refractivity contribution in [3.63, 3.8) is 0 Å². The van der Waals surface area contributed by atoms with E-state index in [2.05, 4.69) is 41.0 Å². The largest absolute Gasteiger partial charge is 0.453 e. The molecule has 0 aliphatic carbocycles. The van der Waals surface area contributed by atoms with Crippen molar-refractivity contribution in [3.8, 4) is 23.3 Å². The number of hydrogen-bond donors (Lipinski definition) is 1. The number of piperidine rings is 1. The first kappa shape index (κ1) is 39.2. The maximum Gasteiger partial charge on any atom is 0.266 e. The van der Waals surface area contributed by atoms with E-state index < -0.39 is 29.5 Å². The number of imide groups is 1. The summed E-state index contributed by atoms with van der Waals surface area (Å²) < 4.78 is 36.3. The summed E-state index contributed by atoms with van der Waals surface area (Å²) in [7, 11) is 0. The lowest BCUT2D eigenvalue weighted by Gasteiger charge is -2.45. The standard InChI is InChI=1S/C44H41F2N11O5/c45-28-9-10-54(24-28)37-6-4-35(46)40(34(37)17-47)62-31-2-5-36-33(16-31)43(61)57(25-50-36)30-18-48-44(49-19-30)53-13-11-52(12-14-53)20-26-21-55(22-26)29-1-3-32-27(15-29)23-56(42(32)60)38-7-8-39(58)51-41(38)59/h1-6,15-16,18-19,25-26,28,38H,7-14,20-24H2,(H,51,58,59)/t28-,38?/m1/s1. The van der Waals surface area contributed by atoms with Gasteiger partial charge in [0.25, 0.3) is 11.5 Å². The fraction of sp³-hybridized carbons (Fsp3) is 0.364. The van der Waals surface area contributed by atoms with E-state index >= 15 is 4.39 Å². The number of amides is 3. The molecule has 3 aromatic carbocycles. The Morgan fingerprint density at radius 2 is 1.66 bits per heavy atom. The number of nitrogens with zero attached hydrogens (tertiary/aromatic N) is 10. The highest BCUT2D eigenvalue weighted by Crippen LogP contribution is 2.37. The van der Waals surface area contributed by atoms with Crippen molar-refractivity contribution in [2.45, 2.75) is 38.0 Å². The summed E-state index contributed by atoms with van der Waals surface area (Å²) in [5, 5.41) is 12.5. The predicted molar refractivity (Wildman–Crippen MR) is 223 cm³/mol. The maximum absolute atomic E-state index is 15.1. The van der Waals surface area contributed by atoms with Crippen LogP contribution in [0.4, 0.5) is 26.1 Å². The van der Waals surface area contributed by atoms with Gasteiger partial charge in [0.2, 0.25) is 17.8 Å². The van der Waals surface area contributed by atoms with Crippen LogP contribution < -0.4 is 30.3 Å². The highest BCUT2D eigenvalue weighted by atomic mass is 19.1. The van der Waals surface area contributed by atoms with Gasteiger partial charge in [-0.2, -0.15) is 5.26 Å². The molecule has 62 heavy (non-hydrogen) atoms. The van der Waals surface area contributed by atoms with Crippen LogP contribution in [0.1, 0.15) is 40.7 Å². The van der Waals surface area contributed by atoms with Gasteiger partial charge in [-0.15, -0.1) is 0 Å². The smallest absolute Gasteiger partial charge is 0.266 e. The number of nitriles is 1. The Balaban J connectivity index is 0.740. The number of carbonyl (C=O) groups is 3. The summed E-state index contributed by atoms with van der Waals surface area (Å²) in [5.41, 5.74) is 3.30. The SMILES string of the molecule is N#Cc1c(N2CC[C@@H](F)C2)ccc(F)c1Oc1ccc2ncn(-c3cnc(N4CCN(CC5CN(c6ccc7c(c6)CN(C6CCC(=O)NC6=O)C7=O)C5)CC4)nc3)c(=O)c2c1. The molecule has 16 nitrogen and oxygen atoms in total. The van der Waals surface area contributed by atoms with Crippen LogP contribution in [-0.2, 0) is 16.1 Å². The zero-order valence-electron chi connectivity index (χ0n) is 33.5. The molecule has 0 saturated carbocycles. The first-order chi connectivity index (χ1) is 30.1. The number of anilines is 3. The summed E-state index contributed by atoms with van der Waals surface area (Å²) in [6.07, 6.45) is 4.41. The summed E-state index contributed by atoms with van der Waals surface area (Å²) in [6, 6.07) is 14.5. The van der Waals surface area contributed by atoms with Gasteiger partial charge in [0.1, 0.15) is 35.9 Å². The Labute approximate surface area is 353 Å². The van der Waals surface area contributed by atoms with Crippen LogP contribution in [0.15, 0.2) is 72.0 Å². The van der Waals surface area contributed by atoms with Crippen molar-refractivity contribution in [2.24, 2.45) is 5.92 Å². The number of ether oxygens (including phenoxy) is 1. The normalized spacial score (nSPS) is 20.7. The molecule has 0 radical (unpaired) electrons. The second-order valence-electron chi connectivity index (χ2n) is 16.5. The number of nitrogens with one attached hydrogen (secondary N) is 1. The molecule has 4 saturated heterocycles. The number of carbonyl (C=O) groups excluding carboxylic acids is 3. The molecule has 18 heteroatoms. The van der Waals surface area contributed by atoms with Crippen molar-refractivity contribution < 1.29 is 27.9 Å². The number of aromatic nitrogens is 4. The fourth-order valence-electron chi connectivity index (χ4n) is 9.17.